The van der Waals surface area contributed by atoms with Crippen LogP contribution < -0.4 is 10.9 Å². The SMILES string of the molecule is O=C(CSc1nn2c(=O)cnnc2s1)Nc1cccc(Cl)c1Cl. The number of thioether (sulfide) groups is 1. The molecule has 0 bridgehead atoms. The van der Waals surface area contributed by atoms with Crippen molar-refractivity contribution in [2.45, 2.75) is 4.34 Å². The van der Waals surface area contributed by atoms with Crippen molar-refractivity contribution in [3.63, 3.8) is 0 Å². The van der Waals surface area contributed by atoms with Gasteiger partial charge in [-0.2, -0.15) is 9.61 Å². The minimum absolute atomic E-state index is 0.102. The molecule has 2 aromatic heterocycles. The number of benzene rings is 1. The van der Waals surface area contributed by atoms with Crippen LogP contribution in [0, 0.1) is 0 Å². The van der Waals surface area contributed by atoms with Gasteiger partial charge in [0, 0.05) is 0 Å². The Morgan fingerprint density at radius 3 is 3.00 bits per heavy atom. The zero-order chi connectivity index (χ0) is 16.4. The number of carbonyl (C=O) groups is 1. The van der Waals surface area contributed by atoms with E-state index in [-0.39, 0.29) is 22.2 Å². The van der Waals surface area contributed by atoms with Crippen LogP contribution in [-0.2, 0) is 4.79 Å². The summed E-state index contributed by atoms with van der Waals surface area (Å²) in [6, 6.07) is 4.98. The van der Waals surface area contributed by atoms with Gasteiger partial charge in [-0.3, -0.25) is 9.59 Å². The van der Waals surface area contributed by atoms with E-state index in [0.717, 1.165) is 10.7 Å². The first kappa shape index (κ1) is 16.2. The number of hydrogen-bond acceptors (Lipinski definition) is 7. The third-order valence-corrected chi connectivity index (χ3v) is 5.47. The lowest BCUT2D eigenvalue weighted by Crippen LogP contribution is -2.15. The first-order chi connectivity index (χ1) is 11.0. The monoisotopic (exact) mass is 387 g/mol. The van der Waals surface area contributed by atoms with Gasteiger partial charge >= 0.3 is 0 Å². The number of hydrogen-bond donors (Lipinski definition) is 1. The molecule has 0 aliphatic rings. The molecule has 23 heavy (non-hydrogen) atoms. The van der Waals surface area contributed by atoms with Crippen molar-refractivity contribution in [2.75, 3.05) is 11.1 Å². The van der Waals surface area contributed by atoms with E-state index in [9.17, 15) is 9.59 Å². The molecule has 0 radical (unpaired) electrons. The molecule has 1 amide bonds. The lowest BCUT2D eigenvalue weighted by atomic mass is 10.3. The zero-order valence-corrected chi connectivity index (χ0v) is 14.3. The number of halogens is 2. The summed E-state index contributed by atoms with van der Waals surface area (Å²) in [5, 5.41) is 14.8. The van der Waals surface area contributed by atoms with E-state index in [1.807, 2.05) is 0 Å². The Labute approximate surface area is 147 Å². The van der Waals surface area contributed by atoms with Gasteiger partial charge in [-0.25, -0.2) is 0 Å². The highest BCUT2D eigenvalue weighted by molar-refractivity contribution is 8.01. The van der Waals surface area contributed by atoms with Crippen molar-refractivity contribution in [3.8, 4) is 0 Å². The van der Waals surface area contributed by atoms with Crippen LogP contribution in [0.5, 0.6) is 0 Å². The van der Waals surface area contributed by atoms with Crippen molar-refractivity contribution >= 4 is 62.9 Å². The number of rotatable bonds is 4. The van der Waals surface area contributed by atoms with Crippen LogP contribution in [0.4, 0.5) is 5.69 Å². The molecule has 0 aliphatic heterocycles. The fourth-order valence-corrected chi connectivity index (χ4v) is 3.66. The van der Waals surface area contributed by atoms with Crippen LogP contribution >= 0.6 is 46.3 Å². The quantitative estimate of drug-likeness (QED) is 0.691. The van der Waals surface area contributed by atoms with Crippen LogP contribution in [0.25, 0.3) is 4.96 Å². The minimum Gasteiger partial charge on any atom is -0.324 e. The molecule has 7 nitrogen and oxygen atoms in total. The van der Waals surface area contributed by atoms with Gasteiger partial charge in [0.25, 0.3) is 5.56 Å². The molecule has 1 aromatic carbocycles. The highest BCUT2D eigenvalue weighted by Crippen LogP contribution is 2.30. The summed E-state index contributed by atoms with van der Waals surface area (Å²) in [6.07, 6.45) is 1.08. The molecular formula is C12H7Cl2N5O2S2. The summed E-state index contributed by atoms with van der Waals surface area (Å²) in [4.78, 5) is 23.9. The second-order valence-electron chi connectivity index (χ2n) is 4.18. The standard InChI is InChI=1S/C12H7Cl2N5O2S2/c13-6-2-1-3-7(10(6)14)16-8(20)5-22-12-18-19-9(21)4-15-17-11(19)23-12/h1-4H,5H2,(H,16,20). The lowest BCUT2D eigenvalue weighted by Gasteiger charge is -2.07. The second kappa shape index (κ2) is 6.83. The van der Waals surface area contributed by atoms with Crippen LogP contribution in [0.15, 0.2) is 33.5 Å². The van der Waals surface area contributed by atoms with E-state index in [0.29, 0.717) is 20.0 Å². The van der Waals surface area contributed by atoms with Gasteiger partial charge in [0.05, 0.1) is 21.5 Å². The second-order valence-corrected chi connectivity index (χ2v) is 7.15. The highest BCUT2D eigenvalue weighted by Gasteiger charge is 2.12. The van der Waals surface area contributed by atoms with E-state index < -0.39 is 0 Å². The van der Waals surface area contributed by atoms with Gasteiger partial charge in [0.1, 0.15) is 6.20 Å². The predicted octanol–water partition coefficient (Wildman–Crippen LogP) is 2.58. The van der Waals surface area contributed by atoms with Crippen LogP contribution in [0.2, 0.25) is 10.0 Å². The van der Waals surface area contributed by atoms with E-state index in [4.69, 9.17) is 23.2 Å². The van der Waals surface area contributed by atoms with Crippen molar-refractivity contribution in [1.29, 1.82) is 0 Å². The van der Waals surface area contributed by atoms with Crippen molar-refractivity contribution in [2.24, 2.45) is 0 Å². The summed E-state index contributed by atoms with van der Waals surface area (Å²) in [7, 11) is 0. The molecule has 1 N–H and O–H groups in total. The normalized spacial score (nSPS) is 10.9. The van der Waals surface area contributed by atoms with Gasteiger partial charge in [-0.1, -0.05) is 52.4 Å². The van der Waals surface area contributed by atoms with Crippen molar-refractivity contribution < 1.29 is 4.79 Å². The van der Waals surface area contributed by atoms with Crippen LogP contribution in [-0.4, -0.2) is 31.5 Å². The van der Waals surface area contributed by atoms with E-state index in [1.165, 1.54) is 23.1 Å². The molecular weight excluding hydrogens is 381 g/mol. The van der Waals surface area contributed by atoms with Gasteiger partial charge in [-0.15, -0.1) is 10.2 Å². The third-order valence-electron chi connectivity index (χ3n) is 2.61. The van der Waals surface area contributed by atoms with Crippen LogP contribution in [0.3, 0.4) is 0 Å². The molecule has 0 aliphatic carbocycles. The maximum absolute atomic E-state index is 12.0. The van der Waals surface area contributed by atoms with Gasteiger partial charge in [0.15, 0.2) is 4.34 Å². The fourth-order valence-electron chi connectivity index (χ4n) is 1.63. The van der Waals surface area contributed by atoms with Gasteiger partial charge in [-0.05, 0) is 12.1 Å². The molecule has 0 saturated heterocycles. The molecule has 3 rings (SSSR count). The van der Waals surface area contributed by atoms with Crippen molar-refractivity contribution in [3.05, 3.63) is 44.8 Å². The molecule has 118 valence electrons. The molecule has 0 spiro atoms. The van der Waals surface area contributed by atoms with Gasteiger partial charge in [0.2, 0.25) is 10.9 Å². The zero-order valence-electron chi connectivity index (χ0n) is 11.2. The topological polar surface area (TPSA) is 89.3 Å². The Balaban J connectivity index is 1.67. The Morgan fingerprint density at radius 2 is 2.22 bits per heavy atom. The number of carbonyl (C=O) groups excluding carboxylic acids is 1. The lowest BCUT2D eigenvalue weighted by molar-refractivity contribution is -0.113. The van der Waals surface area contributed by atoms with Gasteiger partial charge < -0.3 is 5.32 Å². The number of nitrogens with one attached hydrogen (secondary N) is 1. The van der Waals surface area contributed by atoms with E-state index in [2.05, 4.69) is 20.6 Å². The third kappa shape index (κ3) is 3.63. The molecule has 0 fully saturated rings. The number of fused-ring (bicyclic) bond motifs is 1. The summed E-state index contributed by atoms with van der Waals surface area (Å²) in [5.74, 6) is -0.165. The number of amides is 1. The van der Waals surface area contributed by atoms with E-state index >= 15 is 0 Å². The minimum atomic E-state index is -0.367. The first-order valence-corrected chi connectivity index (χ1v) is 8.68. The molecule has 0 unspecified atom stereocenters. The average molecular weight is 388 g/mol. The maximum atomic E-state index is 12.0. The number of anilines is 1. The summed E-state index contributed by atoms with van der Waals surface area (Å²) < 4.78 is 1.68. The number of nitrogens with zero attached hydrogens (tertiary/aromatic N) is 4. The summed E-state index contributed by atoms with van der Waals surface area (Å²) in [5.41, 5.74) is 0.0735. The maximum Gasteiger partial charge on any atom is 0.293 e. The van der Waals surface area contributed by atoms with E-state index in [1.54, 1.807) is 18.2 Å². The highest BCUT2D eigenvalue weighted by atomic mass is 35.5. The fraction of sp³-hybridized carbons (Fsp3) is 0.0833. The molecule has 11 heteroatoms. The Kier molecular flexibility index (Phi) is 4.81. The first-order valence-electron chi connectivity index (χ1n) is 6.13. The summed E-state index contributed by atoms with van der Waals surface area (Å²) in [6.45, 7) is 0. The Bertz CT molecular complexity index is 943. The molecule has 0 atom stereocenters. The molecule has 3 aromatic rings. The molecule has 2 heterocycles. The van der Waals surface area contributed by atoms with Crippen LogP contribution in [0.1, 0.15) is 0 Å². The van der Waals surface area contributed by atoms with Crippen molar-refractivity contribution in [1.82, 2.24) is 19.8 Å². The smallest absolute Gasteiger partial charge is 0.293 e. The predicted molar refractivity (Wildman–Crippen MR) is 90.7 cm³/mol. The Morgan fingerprint density at radius 1 is 1.39 bits per heavy atom. The number of aromatic nitrogens is 4. The molecule has 0 saturated carbocycles. The Hall–Kier alpha value is -1.68. The largest absolute Gasteiger partial charge is 0.324 e. The average Bonchev–Trinajstić information content (AvgIpc) is 2.94. The summed E-state index contributed by atoms with van der Waals surface area (Å²) >= 11 is 14.3.